The van der Waals surface area contributed by atoms with Gasteiger partial charge in [0.25, 0.3) is 5.89 Å². The van der Waals surface area contributed by atoms with Crippen molar-refractivity contribution < 1.29 is 9.25 Å². The van der Waals surface area contributed by atoms with Crippen molar-refractivity contribution in [1.29, 1.82) is 0 Å². The highest BCUT2D eigenvalue weighted by Crippen LogP contribution is 2.27. The molecule has 2 heterocycles. The standard InChI is InChI=1S/C18H13Br2N7O2/c1-27-17(22-25-26-27)16(11-5-3-2-4-6-11)24-28-10-15-21-23-18(29-15)12-7-13(19)9-14(20)8-12/h2-9H,10H2,1H3/b24-16-. The number of nitrogens with zero attached hydrogens (tertiary/aromatic N) is 7. The van der Waals surface area contributed by atoms with Crippen LogP contribution in [0.25, 0.3) is 11.5 Å². The number of hydrogen-bond donors (Lipinski definition) is 0. The number of tetrazole rings is 1. The van der Waals surface area contributed by atoms with Crippen molar-refractivity contribution in [2.24, 2.45) is 12.2 Å². The van der Waals surface area contributed by atoms with Crippen molar-refractivity contribution in [2.45, 2.75) is 6.61 Å². The van der Waals surface area contributed by atoms with E-state index in [4.69, 9.17) is 9.25 Å². The van der Waals surface area contributed by atoms with E-state index >= 15 is 0 Å². The maximum Gasteiger partial charge on any atom is 0.257 e. The number of hydrogen-bond acceptors (Lipinski definition) is 8. The summed E-state index contributed by atoms with van der Waals surface area (Å²) < 4.78 is 8.99. The van der Waals surface area contributed by atoms with Crippen LogP contribution >= 0.6 is 31.9 Å². The molecule has 11 heteroatoms. The fraction of sp³-hybridized carbons (Fsp3) is 0.111. The lowest BCUT2D eigenvalue weighted by molar-refractivity contribution is 0.111. The van der Waals surface area contributed by atoms with Crippen molar-refractivity contribution >= 4 is 37.6 Å². The number of aryl methyl sites for hydroxylation is 1. The maximum atomic E-state index is 5.68. The summed E-state index contributed by atoms with van der Waals surface area (Å²) in [7, 11) is 1.73. The van der Waals surface area contributed by atoms with Gasteiger partial charge in [0.15, 0.2) is 12.3 Å². The number of halogens is 2. The first-order valence-corrected chi connectivity index (χ1v) is 9.95. The summed E-state index contributed by atoms with van der Waals surface area (Å²) in [6.07, 6.45) is 0. The first-order chi connectivity index (χ1) is 14.1. The Labute approximate surface area is 182 Å². The van der Waals surface area contributed by atoms with E-state index in [1.165, 1.54) is 4.68 Å². The molecule has 0 radical (unpaired) electrons. The zero-order valence-electron chi connectivity index (χ0n) is 15.0. The van der Waals surface area contributed by atoms with Crippen LogP contribution in [-0.4, -0.2) is 36.1 Å². The molecule has 9 nitrogen and oxygen atoms in total. The van der Waals surface area contributed by atoms with Crippen LogP contribution in [0.5, 0.6) is 0 Å². The lowest BCUT2D eigenvalue weighted by Crippen LogP contribution is -2.12. The van der Waals surface area contributed by atoms with Crippen molar-refractivity contribution in [2.75, 3.05) is 0 Å². The van der Waals surface area contributed by atoms with E-state index < -0.39 is 0 Å². The summed E-state index contributed by atoms with van der Waals surface area (Å²) in [6.45, 7) is 0.00376. The van der Waals surface area contributed by atoms with E-state index in [-0.39, 0.29) is 6.61 Å². The van der Waals surface area contributed by atoms with Gasteiger partial charge < -0.3 is 9.25 Å². The van der Waals surface area contributed by atoms with Gasteiger partial charge in [-0.3, -0.25) is 0 Å². The predicted molar refractivity (Wildman–Crippen MR) is 111 cm³/mol. The number of aromatic nitrogens is 6. The Kier molecular flexibility index (Phi) is 5.76. The molecule has 0 aliphatic heterocycles. The molecule has 0 saturated carbocycles. The first kappa shape index (κ1) is 19.4. The third-order valence-electron chi connectivity index (χ3n) is 3.80. The average molecular weight is 519 g/mol. The van der Waals surface area contributed by atoms with Crippen LogP contribution in [0.15, 0.2) is 67.0 Å². The lowest BCUT2D eigenvalue weighted by atomic mass is 10.1. The number of rotatable bonds is 6. The largest absolute Gasteiger partial charge is 0.417 e. The van der Waals surface area contributed by atoms with Gasteiger partial charge in [-0.05, 0) is 28.6 Å². The zero-order valence-corrected chi connectivity index (χ0v) is 18.2. The van der Waals surface area contributed by atoms with E-state index in [2.05, 4.69) is 62.7 Å². The zero-order chi connectivity index (χ0) is 20.2. The lowest BCUT2D eigenvalue weighted by Gasteiger charge is -2.04. The minimum Gasteiger partial charge on any atom is -0.417 e. The van der Waals surface area contributed by atoms with Crippen LogP contribution < -0.4 is 0 Å². The highest BCUT2D eigenvalue weighted by atomic mass is 79.9. The van der Waals surface area contributed by atoms with E-state index in [1.807, 2.05) is 48.5 Å². The van der Waals surface area contributed by atoms with E-state index in [0.29, 0.717) is 23.3 Å². The molecule has 2 aromatic carbocycles. The monoisotopic (exact) mass is 517 g/mol. The molecule has 0 amide bonds. The normalized spacial score (nSPS) is 11.6. The Morgan fingerprint density at radius 1 is 1.07 bits per heavy atom. The Morgan fingerprint density at radius 2 is 1.83 bits per heavy atom. The minimum absolute atomic E-state index is 0.00376. The van der Waals surface area contributed by atoms with Gasteiger partial charge >= 0.3 is 0 Å². The maximum absolute atomic E-state index is 5.68. The predicted octanol–water partition coefficient (Wildman–Crippen LogP) is 3.75. The van der Waals surface area contributed by atoms with Crippen molar-refractivity contribution in [3.8, 4) is 11.5 Å². The summed E-state index contributed by atoms with van der Waals surface area (Å²) in [5, 5.41) is 23.8. The molecule has 0 atom stereocenters. The van der Waals surface area contributed by atoms with Crippen LogP contribution in [0.4, 0.5) is 0 Å². The van der Waals surface area contributed by atoms with Crippen LogP contribution in [0, 0.1) is 0 Å². The number of oxime groups is 1. The molecule has 0 spiro atoms. The molecule has 146 valence electrons. The summed E-state index contributed by atoms with van der Waals surface area (Å²) >= 11 is 6.88. The van der Waals surface area contributed by atoms with Crippen molar-refractivity contribution in [3.05, 3.63) is 74.8 Å². The molecule has 0 aliphatic carbocycles. The Bertz CT molecular complexity index is 1140. The molecule has 0 fully saturated rings. The van der Waals surface area contributed by atoms with Gasteiger partial charge in [-0.2, -0.15) is 0 Å². The Hall–Kier alpha value is -2.92. The van der Waals surface area contributed by atoms with Crippen molar-refractivity contribution in [3.63, 3.8) is 0 Å². The van der Waals surface area contributed by atoms with E-state index in [9.17, 15) is 0 Å². The molecule has 0 N–H and O–H groups in total. The van der Waals surface area contributed by atoms with Gasteiger partial charge in [0, 0.05) is 27.1 Å². The van der Waals surface area contributed by atoms with Crippen LogP contribution in [0.1, 0.15) is 17.3 Å². The van der Waals surface area contributed by atoms with Gasteiger partial charge in [0.2, 0.25) is 11.7 Å². The highest BCUT2D eigenvalue weighted by Gasteiger charge is 2.15. The summed E-state index contributed by atoms with van der Waals surface area (Å²) in [6, 6.07) is 15.2. The van der Waals surface area contributed by atoms with Gasteiger partial charge in [-0.15, -0.1) is 15.3 Å². The van der Waals surface area contributed by atoms with Gasteiger partial charge in [0.1, 0.15) is 0 Å². The third kappa shape index (κ3) is 4.57. The summed E-state index contributed by atoms with van der Waals surface area (Å²) in [4.78, 5) is 5.48. The topological polar surface area (TPSA) is 104 Å². The summed E-state index contributed by atoms with van der Waals surface area (Å²) in [5.74, 6) is 1.15. The SMILES string of the molecule is Cn1nnnc1/C(=N\OCc1nnc(-c2cc(Br)cc(Br)c2)o1)c1ccccc1. The van der Waals surface area contributed by atoms with E-state index in [0.717, 1.165) is 20.1 Å². The molecule has 4 rings (SSSR count). The molecular formula is C18H13Br2N7O2. The van der Waals surface area contributed by atoms with Gasteiger partial charge in [0.05, 0.1) is 0 Å². The molecule has 4 aromatic rings. The molecule has 29 heavy (non-hydrogen) atoms. The second-order valence-corrected chi connectivity index (χ2v) is 7.70. The van der Waals surface area contributed by atoms with E-state index in [1.54, 1.807) is 7.05 Å². The molecule has 0 aliphatic rings. The average Bonchev–Trinajstić information content (AvgIpc) is 3.34. The second-order valence-electron chi connectivity index (χ2n) is 5.86. The fourth-order valence-corrected chi connectivity index (χ4v) is 3.80. The smallest absolute Gasteiger partial charge is 0.257 e. The Balaban J connectivity index is 1.54. The Morgan fingerprint density at radius 3 is 2.52 bits per heavy atom. The molecule has 0 bridgehead atoms. The van der Waals surface area contributed by atoms with Gasteiger partial charge in [-0.1, -0.05) is 67.3 Å². The number of benzene rings is 2. The first-order valence-electron chi connectivity index (χ1n) is 8.37. The van der Waals surface area contributed by atoms with Crippen LogP contribution in [0.3, 0.4) is 0 Å². The molecule has 0 saturated heterocycles. The fourth-order valence-electron chi connectivity index (χ4n) is 2.51. The quantitative estimate of drug-likeness (QED) is 0.282. The summed E-state index contributed by atoms with van der Waals surface area (Å²) in [5.41, 5.74) is 2.09. The molecule has 0 unspecified atom stereocenters. The highest BCUT2D eigenvalue weighted by molar-refractivity contribution is 9.11. The van der Waals surface area contributed by atoms with Gasteiger partial charge in [-0.25, -0.2) is 4.68 Å². The third-order valence-corrected chi connectivity index (χ3v) is 4.72. The molecule has 2 aromatic heterocycles. The van der Waals surface area contributed by atoms with Crippen molar-refractivity contribution in [1.82, 2.24) is 30.4 Å². The van der Waals surface area contributed by atoms with Crippen LogP contribution in [-0.2, 0) is 18.5 Å². The van der Waals surface area contributed by atoms with Crippen LogP contribution in [0.2, 0.25) is 0 Å². The minimum atomic E-state index is 0.00376. The molecular weight excluding hydrogens is 506 g/mol. The second kappa shape index (κ2) is 8.62.